The molecule has 128 valence electrons. The number of nitro groups is 1. The van der Waals surface area contributed by atoms with E-state index in [1.54, 1.807) is 20.3 Å². The van der Waals surface area contributed by atoms with Crippen LogP contribution in [0.4, 0.5) is 17.1 Å². The second kappa shape index (κ2) is 9.24. The molecular weight excluding hydrogens is 310 g/mol. The number of nitro benzene ring substituents is 1. The highest BCUT2D eigenvalue weighted by atomic mass is 16.6. The van der Waals surface area contributed by atoms with Gasteiger partial charge in [-0.05, 0) is 30.7 Å². The van der Waals surface area contributed by atoms with Gasteiger partial charge >= 0.3 is 0 Å². The molecule has 0 bridgehead atoms. The van der Waals surface area contributed by atoms with Crippen molar-refractivity contribution in [3.05, 3.63) is 52.1 Å². The Labute approximate surface area is 141 Å². The van der Waals surface area contributed by atoms with Crippen LogP contribution in [0.3, 0.4) is 0 Å². The van der Waals surface area contributed by atoms with Gasteiger partial charge in [-0.25, -0.2) is 0 Å². The van der Waals surface area contributed by atoms with Gasteiger partial charge in [0.05, 0.1) is 24.8 Å². The van der Waals surface area contributed by atoms with Crippen LogP contribution >= 0.6 is 0 Å². The van der Waals surface area contributed by atoms with Crippen molar-refractivity contribution >= 4 is 17.1 Å². The summed E-state index contributed by atoms with van der Waals surface area (Å²) in [6.45, 7) is 5.90. The van der Waals surface area contributed by atoms with Gasteiger partial charge in [-0.2, -0.15) is 5.11 Å². The Morgan fingerprint density at radius 2 is 1.54 bits per heavy atom. The molecule has 2 aromatic rings. The maximum atomic E-state index is 10.6. The van der Waals surface area contributed by atoms with Crippen molar-refractivity contribution < 1.29 is 14.4 Å². The first-order valence-corrected chi connectivity index (χ1v) is 7.44. The van der Waals surface area contributed by atoms with Crippen LogP contribution in [0.5, 0.6) is 11.5 Å². The van der Waals surface area contributed by atoms with Gasteiger partial charge in [-0.15, -0.1) is 5.11 Å². The van der Waals surface area contributed by atoms with E-state index in [1.807, 2.05) is 26.8 Å². The molecule has 0 amide bonds. The number of ether oxygens (including phenoxy) is 2. The number of rotatable bonds is 5. The summed E-state index contributed by atoms with van der Waals surface area (Å²) < 4.78 is 10.5. The first kappa shape index (κ1) is 19.1. The van der Waals surface area contributed by atoms with E-state index >= 15 is 0 Å². The zero-order chi connectivity index (χ0) is 18.1. The van der Waals surface area contributed by atoms with Gasteiger partial charge in [0.25, 0.3) is 5.69 Å². The van der Waals surface area contributed by atoms with Crippen LogP contribution in [0.15, 0.2) is 46.6 Å². The Balaban J connectivity index is 0.00000139. The van der Waals surface area contributed by atoms with Crippen molar-refractivity contribution in [1.82, 2.24) is 0 Å². The van der Waals surface area contributed by atoms with Crippen molar-refractivity contribution in [2.24, 2.45) is 10.2 Å². The van der Waals surface area contributed by atoms with Gasteiger partial charge in [0.1, 0.15) is 17.2 Å². The largest absolute Gasteiger partial charge is 0.496 e. The molecule has 2 aromatic carbocycles. The highest BCUT2D eigenvalue weighted by Gasteiger charge is 2.08. The highest BCUT2D eigenvalue weighted by molar-refractivity contribution is 5.58. The van der Waals surface area contributed by atoms with E-state index in [4.69, 9.17) is 9.47 Å². The van der Waals surface area contributed by atoms with Crippen LogP contribution in [0.1, 0.15) is 19.4 Å². The average molecular weight is 331 g/mol. The fraction of sp³-hybridized carbons (Fsp3) is 0.294. The fourth-order valence-electron chi connectivity index (χ4n) is 1.87. The molecular formula is C17H21N3O4. The SMILES string of the molecule is CC.COc1cc(N=Nc2ccc([N+](=O)[O-])cc2)c(OC)cc1C. The molecule has 0 N–H and O–H groups in total. The topological polar surface area (TPSA) is 86.3 Å². The quantitative estimate of drug-likeness (QED) is 0.419. The number of hydrogen-bond donors (Lipinski definition) is 0. The van der Waals surface area contributed by atoms with Gasteiger partial charge in [0.2, 0.25) is 0 Å². The van der Waals surface area contributed by atoms with E-state index in [9.17, 15) is 10.1 Å². The van der Waals surface area contributed by atoms with Crippen LogP contribution in [0.2, 0.25) is 0 Å². The molecule has 0 aromatic heterocycles. The Kier molecular flexibility index (Phi) is 7.35. The third-order valence-electron chi connectivity index (χ3n) is 3.03. The Morgan fingerprint density at radius 1 is 0.958 bits per heavy atom. The maximum absolute atomic E-state index is 10.6. The molecule has 0 aliphatic rings. The van der Waals surface area contributed by atoms with Crippen molar-refractivity contribution in [3.8, 4) is 11.5 Å². The van der Waals surface area contributed by atoms with E-state index < -0.39 is 4.92 Å². The summed E-state index contributed by atoms with van der Waals surface area (Å²) in [6, 6.07) is 9.34. The van der Waals surface area contributed by atoms with Gasteiger partial charge in [0, 0.05) is 18.2 Å². The lowest BCUT2D eigenvalue weighted by Crippen LogP contribution is -1.90. The smallest absolute Gasteiger partial charge is 0.269 e. The highest BCUT2D eigenvalue weighted by Crippen LogP contribution is 2.35. The average Bonchev–Trinajstić information content (AvgIpc) is 2.62. The molecule has 0 heterocycles. The van der Waals surface area contributed by atoms with Gasteiger partial charge in [-0.1, -0.05) is 13.8 Å². The lowest BCUT2D eigenvalue weighted by Gasteiger charge is -2.09. The van der Waals surface area contributed by atoms with Gasteiger partial charge in [-0.3, -0.25) is 10.1 Å². The minimum absolute atomic E-state index is 0.00790. The second-order valence-electron chi connectivity index (χ2n) is 4.47. The third-order valence-corrected chi connectivity index (χ3v) is 3.03. The van der Waals surface area contributed by atoms with E-state index in [0.717, 1.165) is 5.56 Å². The van der Waals surface area contributed by atoms with Gasteiger partial charge in [0.15, 0.2) is 0 Å². The predicted molar refractivity (Wildman–Crippen MR) is 92.9 cm³/mol. The van der Waals surface area contributed by atoms with Crippen LogP contribution in [0.25, 0.3) is 0 Å². The third kappa shape index (κ3) is 4.77. The first-order valence-electron chi connectivity index (χ1n) is 7.44. The monoisotopic (exact) mass is 331 g/mol. The lowest BCUT2D eigenvalue weighted by molar-refractivity contribution is -0.384. The number of aryl methyl sites for hydroxylation is 1. The summed E-state index contributed by atoms with van der Waals surface area (Å²) in [6.07, 6.45) is 0. The van der Waals surface area contributed by atoms with E-state index in [1.165, 1.54) is 24.3 Å². The summed E-state index contributed by atoms with van der Waals surface area (Å²) in [5, 5.41) is 18.8. The summed E-state index contributed by atoms with van der Waals surface area (Å²) in [7, 11) is 3.12. The standard InChI is InChI=1S/C15H15N3O4.C2H6/c1-10-8-15(22-3)13(9-14(10)21-2)17-16-11-4-6-12(7-5-11)18(19)20;1-2/h4-9H,1-3H3;1-2H3. The fourth-order valence-corrected chi connectivity index (χ4v) is 1.87. The lowest BCUT2D eigenvalue weighted by atomic mass is 10.2. The van der Waals surface area contributed by atoms with Crippen LogP contribution in [-0.4, -0.2) is 19.1 Å². The minimum atomic E-state index is -0.464. The number of nitrogens with zero attached hydrogens (tertiary/aromatic N) is 3. The molecule has 0 radical (unpaired) electrons. The molecule has 0 unspecified atom stereocenters. The van der Waals surface area contributed by atoms with E-state index in [2.05, 4.69) is 10.2 Å². The molecule has 0 saturated heterocycles. The molecule has 7 heteroatoms. The molecule has 24 heavy (non-hydrogen) atoms. The van der Waals surface area contributed by atoms with E-state index in [-0.39, 0.29) is 5.69 Å². The summed E-state index contributed by atoms with van der Waals surface area (Å²) >= 11 is 0. The Hall–Kier alpha value is -2.96. The van der Waals surface area contributed by atoms with Crippen LogP contribution in [-0.2, 0) is 0 Å². The van der Waals surface area contributed by atoms with Crippen molar-refractivity contribution in [2.75, 3.05) is 14.2 Å². The number of methoxy groups -OCH3 is 2. The summed E-state index contributed by atoms with van der Waals surface area (Å²) in [5.74, 6) is 1.25. The maximum Gasteiger partial charge on any atom is 0.269 e. The normalized spacial score (nSPS) is 10.0. The zero-order valence-corrected chi connectivity index (χ0v) is 14.4. The van der Waals surface area contributed by atoms with Crippen LogP contribution in [0, 0.1) is 17.0 Å². The summed E-state index contributed by atoms with van der Waals surface area (Å²) in [5.41, 5.74) is 1.96. The van der Waals surface area contributed by atoms with Crippen molar-refractivity contribution in [2.45, 2.75) is 20.8 Å². The zero-order valence-electron chi connectivity index (χ0n) is 14.4. The molecule has 0 aliphatic carbocycles. The molecule has 0 saturated carbocycles. The Morgan fingerprint density at radius 3 is 2.04 bits per heavy atom. The second-order valence-corrected chi connectivity index (χ2v) is 4.47. The molecule has 0 aliphatic heterocycles. The van der Waals surface area contributed by atoms with E-state index in [0.29, 0.717) is 22.9 Å². The molecule has 0 atom stereocenters. The molecule has 0 fully saturated rings. The number of hydrogen-bond acceptors (Lipinski definition) is 6. The Bertz CT molecular complexity index is 713. The molecule has 2 rings (SSSR count). The number of azo groups is 1. The number of benzene rings is 2. The molecule has 7 nitrogen and oxygen atoms in total. The van der Waals surface area contributed by atoms with Crippen LogP contribution < -0.4 is 9.47 Å². The minimum Gasteiger partial charge on any atom is -0.496 e. The van der Waals surface area contributed by atoms with Gasteiger partial charge < -0.3 is 9.47 Å². The van der Waals surface area contributed by atoms with Crippen molar-refractivity contribution in [1.29, 1.82) is 0 Å². The first-order chi connectivity index (χ1) is 11.5. The predicted octanol–water partition coefficient (Wildman–Crippen LogP) is 5.36. The number of non-ortho nitro benzene ring substituents is 1. The molecule has 0 spiro atoms. The summed E-state index contributed by atoms with van der Waals surface area (Å²) in [4.78, 5) is 10.1. The van der Waals surface area contributed by atoms with Crippen molar-refractivity contribution in [3.63, 3.8) is 0 Å².